The Bertz CT molecular complexity index is 1110. The summed E-state index contributed by atoms with van der Waals surface area (Å²) in [6, 6.07) is 12.8. The van der Waals surface area contributed by atoms with E-state index in [0.717, 1.165) is 35.2 Å². The highest BCUT2D eigenvalue weighted by Gasteiger charge is 2.26. The number of nitrogens with zero attached hydrogens (tertiary/aromatic N) is 4. The molecular formula is C22H25N5O3S. The average molecular weight is 440 g/mol. The monoisotopic (exact) mass is 439 g/mol. The molecule has 0 radical (unpaired) electrons. The predicted molar refractivity (Wildman–Crippen MR) is 120 cm³/mol. The molecule has 0 bridgehead atoms. The van der Waals surface area contributed by atoms with Crippen molar-refractivity contribution in [3.8, 4) is 5.75 Å². The number of anilines is 1. The third-order valence-corrected chi connectivity index (χ3v) is 6.20. The van der Waals surface area contributed by atoms with Crippen molar-refractivity contribution >= 4 is 23.1 Å². The summed E-state index contributed by atoms with van der Waals surface area (Å²) in [5, 5.41) is 8.49. The smallest absolute Gasteiger partial charge is 0.266 e. The van der Waals surface area contributed by atoms with Crippen molar-refractivity contribution in [2.45, 2.75) is 32.9 Å². The normalized spacial score (nSPS) is 15.8. The van der Waals surface area contributed by atoms with Crippen LogP contribution in [0.4, 0.5) is 5.82 Å². The van der Waals surface area contributed by atoms with Crippen molar-refractivity contribution in [1.29, 1.82) is 0 Å². The van der Waals surface area contributed by atoms with Gasteiger partial charge >= 0.3 is 0 Å². The van der Waals surface area contributed by atoms with Crippen LogP contribution in [0.2, 0.25) is 0 Å². The van der Waals surface area contributed by atoms with E-state index in [0.29, 0.717) is 24.6 Å². The van der Waals surface area contributed by atoms with Crippen LogP contribution in [-0.4, -0.2) is 46.4 Å². The number of benzene rings is 1. The van der Waals surface area contributed by atoms with E-state index in [1.165, 1.54) is 22.1 Å². The Morgan fingerprint density at radius 1 is 1.23 bits per heavy atom. The fourth-order valence-corrected chi connectivity index (χ4v) is 4.44. The molecule has 0 aliphatic carbocycles. The third kappa shape index (κ3) is 5.11. The molecule has 1 saturated heterocycles. The van der Waals surface area contributed by atoms with Gasteiger partial charge in [0.1, 0.15) is 23.1 Å². The van der Waals surface area contributed by atoms with Crippen LogP contribution in [0.5, 0.6) is 5.75 Å². The maximum Gasteiger partial charge on any atom is 0.266 e. The lowest BCUT2D eigenvalue weighted by atomic mass is 10.2. The first-order valence-electron chi connectivity index (χ1n) is 10.3. The number of carbonyl (C=O) groups is 1. The van der Waals surface area contributed by atoms with Crippen LogP contribution in [0.1, 0.15) is 26.8 Å². The summed E-state index contributed by atoms with van der Waals surface area (Å²) in [5.74, 6) is 1.41. The minimum Gasteiger partial charge on any atom is -0.492 e. The molecule has 1 aliphatic heterocycles. The van der Waals surface area contributed by atoms with Gasteiger partial charge in [-0.1, -0.05) is 18.2 Å². The second kappa shape index (κ2) is 9.30. The van der Waals surface area contributed by atoms with Crippen molar-refractivity contribution in [3.05, 3.63) is 68.4 Å². The standard InChI is InChI=1S/C22H25N5O3S/c1-15-21(31-16(2)23-15)22(29)24-17-10-11-26(14-17)19-8-9-20(28)27(25-19)12-13-30-18-6-4-3-5-7-18/h3-9,17H,10-14H2,1-2H3,(H,24,29)/t17-/m0/s1. The Hall–Kier alpha value is -3.20. The van der Waals surface area contributed by atoms with Gasteiger partial charge in [0, 0.05) is 25.2 Å². The molecule has 2 aromatic heterocycles. The predicted octanol–water partition coefficient (Wildman–Crippen LogP) is 2.40. The molecule has 1 amide bonds. The Morgan fingerprint density at radius 3 is 2.77 bits per heavy atom. The van der Waals surface area contributed by atoms with Crippen LogP contribution >= 0.6 is 11.3 Å². The maximum atomic E-state index is 12.6. The highest BCUT2D eigenvalue weighted by molar-refractivity contribution is 7.13. The molecule has 3 heterocycles. The van der Waals surface area contributed by atoms with Gasteiger partial charge in [0.05, 0.1) is 17.2 Å². The number of aryl methyl sites for hydroxylation is 2. The molecule has 0 unspecified atom stereocenters. The minimum atomic E-state index is -0.166. The number of hydrogen-bond acceptors (Lipinski definition) is 7. The summed E-state index contributed by atoms with van der Waals surface area (Å²) in [5.41, 5.74) is 0.599. The Kier molecular flexibility index (Phi) is 6.31. The molecule has 0 saturated carbocycles. The van der Waals surface area contributed by atoms with Crippen LogP contribution < -0.4 is 20.5 Å². The van der Waals surface area contributed by atoms with Crippen LogP contribution in [0.25, 0.3) is 0 Å². The zero-order valence-corrected chi connectivity index (χ0v) is 18.4. The van der Waals surface area contributed by atoms with E-state index in [9.17, 15) is 9.59 Å². The molecule has 1 aromatic carbocycles. The fourth-order valence-electron chi connectivity index (χ4n) is 3.61. The van der Waals surface area contributed by atoms with Gasteiger partial charge < -0.3 is 15.0 Å². The van der Waals surface area contributed by atoms with Gasteiger partial charge in [-0.25, -0.2) is 9.67 Å². The first kappa shape index (κ1) is 21.0. The summed E-state index contributed by atoms with van der Waals surface area (Å²) >= 11 is 1.41. The molecule has 4 rings (SSSR count). The van der Waals surface area contributed by atoms with E-state index >= 15 is 0 Å². The molecule has 31 heavy (non-hydrogen) atoms. The van der Waals surface area contributed by atoms with Gasteiger partial charge in [0.2, 0.25) is 0 Å². The zero-order chi connectivity index (χ0) is 21.8. The third-order valence-electron chi connectivity index (χ3n) is 5.12. The largest absolute Gasteiger partial charge is 0.492 e. The molecule has 162 valence electrons. The average Bonchev–Trinajstić information content (AvgIpc) is 3.36. The summed E-state index contributed by atoms with van der Waals surface area (Å²) in [7, 11) is 0. The number of hydrogen-bond donors (Lipinski definition) is 1. The van der Waals surface area contributed by atoms with E-state index < -0.39 is 0 Å². The lowest BCUT2D eigenvalue weighted by Crippen LogP contribution is -2.37. The fraction of sp³-hybridized carbons (Fsp3) is 0.364. The second-order valence-corrected chi connectivity index (χ2v) is 8.67. The van der Waals surface area contributed by atoms with Crippen molar-refractivity contribution in [2.24, 2.45) is 0 Å². The van der Waals surface area contributed by atoms with Gasteiger partial charge in [-0.3, -0.25) is 9.59 Å². The molecule has 1 atom stereocenters. The minimum absolute atomic E-state index is 0.0258. The lowest BCUT2D eigenvalue weighted by Gasteiger charge is -2.19. The first-order chi connectivity index (χ1) is 15.0. The van der Waals surface area contributed by atoms with E-state index in [1.54, 1.807) is 6.07 Å². The number of ether oxygens (including phenoxy) is 1. The van der Waals surface area contributed by atoms with E-state index in [2.05, 4.69) is 20.3 Å². The topological polar surface area (TPSA) is 89.4 Å². The van der Waals surface area contributed by atoms with Crippen LogP contribution in [0, 0.1) is 13.8 Å². The molecule has 1 aliphatic rings. The van der Waals surface area contributed by atoms with E-state index in [1.807, 2.05) is 44.2 Å². The van der Waals surface area contributed by atoms with E-state index in [4.69, 9.17) is 4.74 Å². The number of rotatable bonds is 7. The number of thiazole rings is 1. The Balaban J connectivity index is 1.35. The molecular weight excluding hydrogens is 414 g/mol. The van der Waals surface area contributed by atoms with Gasteiger partial charge in [-0.2, -0.15) is 5.10 Å². The van der Waals surface area contributed by atoms with Gasteiger partial charge in [0.15, 0.2) is 0 Å². The molecule has 3 aromatic rings. The molecule has 0 spiro atoms. The van der Waals surface area contributed by atoms with Crippen LogP contribution in [0.15, 0.2) is 47.3 Å². The number of aromatic nitrogens is 3. The highest BCUT2D eigenvalue weighted by Crippen LogP contribution is 2.20. The van der Waals surface area contributed by atoms with Crippen molar-refractivity contribution in [1.82, 2.24) is 20.1 Å². The zero-order valence-electron chi connectivity index (χ0n) is 17.6. The summed E-state index contributed by atoms with van der Waals surface area (Å²) in [4.78, 5) is 31.9. The molecule has 1 N–H and O–H groups in total. The van der Waals surface area contributed by atoms with Gasteiger partial charge in [0.25, 0.3) is 11.5 Å². The Morgan fingerprint density at radius 2 is 2.03 bits per heavy atom. The number of para-hydroxylation sites is 1. The lowest BCUT2D eigenvalue weighted by molar-refractivity contribution is 0.0943. The van der Waals surface area contributed by atoms with Crippen molar-refractivity contribution in [3.63, 3.8) is 0 Å². The highest BCUT2D eigenvalue weighted by atomic mass is 32.1. The molecule has 9 heteroatoms. The van der Waals surface area contributed by atoms with Crippen LogP contribution in [0.3, 0.4) is 0 Å². The van der Waals surface area contributed by atoms with Gasteiger partial charge in [-0.05, 0) is 38.5 Å². The quantitative estimate of drug-likeness (QED) is 0.608. The number of carbonyl (C=O) groups excluding carboxylic acids is 1. The summed E-state index contributed by atoms with van der Waals surface area (Å²) < 4.78 is 7.10. The molecule has 8 nitrogen and oxygen atoms in total. The number of nitrogens with one attached hydrogen (secondary N) is 1. The van der Waals surface area contributed by atoms with E-state index in [-0.39, 0.29) is 17.5 Å². The maximum absolute atomic E-state index is 12.6. The second-order valence-electron chi connectivity index (χ2n) is 7.47. The summed E-state index contributed by atoms with van der Waals surface area (Å²) in [6.45, 7) is 5.88. The first-order valence-corrected chi connectivity index (χ1v) is 11.1. The molecule has 1 fully saturated rings. The summed E-state index contributed by atoms with van der Waals surface area (Å²) in [6.07, 6.45) is 0.820. The van der Waals surface area contributed by atoms with Crippen molar-refractivity contribution in [2.75, 3.05) is 24.6 Å². The van der Waals surface area contributed by atoms with Crippen LogP contribution in [-0.2, 0) is 6.54 Å². The van der Waals surface area contributed by atoms with Gasteiger partial charge in [-0.15, -0.1) is 11.3 Å². The van der Waals surface area contributed by atoms with Crippen molar-refractivity contribution < 1.29 is 9.53 Å². The SMILES string of the molecule is Cc1nc(C)c(C(=O)N[C@H]2CCN(c3ccc(=O)n(CCOc4ccccc4)n3)C2)s1. The Labute approximate surface area is 184 Å². The number of amides is 1.